The molecule has 3 aliphatic rings. The minimum absolute atomic E-state index is 0.146. The number of thioether (sulfide) groups is 1. The van der Waals surface area contributed by atoms with E-state index < -0.39 is 10.4 Å². The first kappa shape index (κ1) is 20.7. The van der Waals surface area contributed by atoms with Gasteiger partial charge in [0.25, 0.3) is 5.91 Å². The molecule has 160 valence electrons. The van der Waals surface area contributed by atoms with Gasteiger partial charge in [-0.05, 0) is 56.7 Å². The minimum atomic E-state index is -1.23. The second-order valence-corrected chi connectivity index (χ2v) is 10.4. The van der Waals surface area contributed by atoms with Crippen molar-refractivity contribution in [1.29, 1.82) is 0 Å². The Morgan fingerprint density at radius 1 is 1.06 bits per heavy atom. The highest BCUT2D eigenvalue weighted by molar-refractivity contribution is 8.02. The topological polar surface area (TPSA) is 49.9 Å². The van der Waals surface area contributed by atoms with Crippen molar-refractivity contribution in [2.45, 2.75) is 31.2 Å². The summed E-state index contributed by atoms with van der Waals surface area (Å²) >= 11 is 13.7. The Morgan fingerprint density at radius 2 is 1.81 bits per heavy atom. The normalized spacial score (nSPS) is 23.5. The highest BCUT2D eigenvalue weighted by atomic mass is 35.5. The summed E-state index contributed by atoms with van der Waals surface area (Å²) in [5, 5.41) is 0.719. The van der Waals surface area contributed by atoms with Gasteiger partial charge in [0.05, 0.1) is 34.1 Å². The molecule has 3 aliphatic heterocycles. The fraction of sp³-hybridized carbons (Fsp3) is 0.304. The number of hydrogen-bond donors (Lipinski definition) is 0. The maximum absolute atomic E-state index is 14.2. The Morgan fingerprint density at radius 3 is 2.48 bits per heavy atom. The number of nitrogens with zero attached hydrogens (tertiary/aromatic N) is 2. The first-order valence-electron chi connectivity index (χ1n) is 9.81. The number of rotatable bonds is 2. The number of anilines is 2. The van der Waals surface area contributed by atoms with E-state index in [1.54, 1.807) is 30.2 Å². The SMILES string of the molecule is COc1cc2c3c(c1)[C@]1(SCC(=O)N1c1ccc(Cl)c(Cl)c1)C(=O)N3C(C)(C)C=C2C. The smallest absolute Gasteiger partial charge is 0.269 e. The van der Waals surface area contributed by atoms with E-state index in [2.05, 4.69) is 6.08 Å². The maximum atomic E-state index is 14.2. The standard InChI is InChI=1S/C23H20Cl2N2O3S/c1-12-10-22(2,3)27-20-15(12)8-14(30-4)9-16(20)23(21(27)29)26(19(28)11-31-23)13-5-6-17(24)18(25)7-13/h5-10H,11H2,1-4H3/t23-/m0/s1. The van der Waals surface area contributed by atoms with Gasteiger partial charge in [-0.3, -0.25) is 19.4 Å². The lowest BCUT2D eigenvalue weighted by atomic mass is 9.89. The van der Waals surface area contributed by atoms with Crippen LogP contribution in [-0.4, -0.2) is 30.2 Å². The van der Waals surface area contributed by atoms with Crippen LogP contribution < -0.4 is 14.5 Å². The third kappa shape index (κ3) is 2.65. The van der Waals surface area contributed by atoms with Crippen molar-refractivity contribution in [3.05, 3.63) is 57.6 Å². The Hall–Kier alpha value is -2.15. The lowest BCUT2D eigenvalue weighted by Crippen LogP contribution is -2.54. The molecule has 0 aliphatic carbocycles. The number of carbonyl (C=O) groups is 2. The number of hydrogen-bond acceptors (Lipinski definition) is 4. The fourth-order valence-corrected chi connectivity index (χ4v) is 6.51. The van der Waals surface area contributed by atoms with Gasteiger partial charge in [-0.1, -0.05) is 29.3 Å². The van der Waals surface area contributed by atoms with E-state index in [0.29, 0.717) is 21.5 Å². The first-order valence-corrected chi connectivity index (χ1v) is 11.5. The minimum Gasteiger partial charge on any atom is -0.497 e. The van der Waals surface area contributed by atoms with E-state index in [9.17, 15) is 9.59 Å². The van der Waals surface area contributed by atoms with Crippen LogP contribution in [0.15, 0.2) is 36.4 Å². The van der Waals surface area contributed by atoms with Crippen LogP contribution in [0.5, 0.6) is 5.75 Å². The molecule has 2 aromatic carbocycles. The molecule has 1 atom stereocenters. The van der Waals surface area contributed by atoms with Gasteiger partial charge in [0, 0.05) is 16.8 Å². The summed E-state index contributed by atoms with van der Waals surface area (Å²) in [6.45, 7) is 6.05. The molecule has 0 N–H and O–H groups in total. The van der Waals surface area contributed by atoms with Crippen LogP contribution in [0.2, 0.25) is 10.0 Å². The van der Waals surface area contributed by atoms with Gasteiger partial charge in [-0.15, -0.1) is 11.8 Å². The second kappa shape index (κ2) is 6.67. The zero-order valence-corrected chi connectivity index (χ0v) is 19.8. The van der Waals surface area contributed by atoms with Gasteiger partial charge >= 0.3 is 0 Å². The van der Waals surface area contributed by atoms with Crippen molar-refractivity contribution < 1.29 is 14.3 Å². The number of carbonyl (C=O) groups excluding carboxylic acids is 2. The molecule has 1 spiro atoms. The fourth-order valence-electron chi connectivity index (χ4n) is 4.89. The van der Waals surface area contributed by atoms with Crippen molar-refractivity contribution in [1.82, 2.24) is 0 Å². The van der Waals surface area contributed by atoms with E-state index in [1.807, 2.05) is 37.8 Å². The summed E-state index contributed by atoms with van der Waals surface area (Å²) in [5.41, 5.74) is 3.59. The molecule has 1 fully saturated rings. The predicted octanol–water partition coefficient (Wildman–Crippen LogP) is 5.48. The molecule has 0 saturated carbocycles. The summed E-state index contributed by atoms with van der Waals surface area (Å²) in [6, 6.07) is 8.84. The quantitative estimate of drug-likeness (QED) is 0.578. The van der Waals surface area contributed by atoms with E-state index in [4.69, 9.17) is 27.9 Å². The molecule has 8 heteroatoms. The Bertz CT molecular complexity index is 1210. The Balaban J connectivity index is 1.83. The molecule has 31 heavy (non-hydrogen) atoms. The summed E-state index contributed by atoms with van der Waals surface area (Å²) < 4.78 is 5.57. The number of benzene rings is 2. The number of halogens is 2. The third-order valence-electron chi connectivity index (χ3n) is 6.10. The largest absolute Gasteiger partial charge is 0.497 e. The van der Waals surface area contributed by atoms with Gasteiger partial charge in [0.15, 0.2) is 0 Å². The molecule has 3 heterocycles. The highest BCUT2D eigenvalue weighted by Gasteiger charge is 2.64. The van der Waals surface area contributed by atoms with E-state index in [-0.39, 0.29) is 17.6 Å². The number of fused-ring (bicyclic) bond motifs is 1. The predicted molar refractivity (Wildman–Crippen MR) is 126 cm³/mol. The molecule has 1 saturated heterocycles. The van der Waals surface area contributed by atoms with Crippen molar-refractivity contribution >= 4 is 63.7 Å². The van der Waals surface area contributed by atoms with Crippen LogP contribution in [-0.2, 0) is 14.5 Å². The summed E-state index contributed by atoms with van der Waals surface area (Å²) in [7, 11) is 1.60. The van der Waals surface area contributed by atoms with Crippen molar-refractivity contribution in [2.24, 2.45) is 0 Å². The first-order chi connectivity index (χ1) is 14.6. The van der Waals surface area contributed by atoms with Gasteiger partial charge in [-0.2, -0.15) is 0 Å². The van der Waals surface area contributed by atoms with Gasteiger partial charge in [0.1, 0.15) is 5.75 Å². The molecule has 5 nitrogen and oxygen atoms in total. The number of ether oxygens (including phenoxy) is 1. The van der Waals surface area contributed by atoms with Crippen LogP contribution in [0.4, 0.5) is 11.4 Å². The van der Waals surface area contributed by atoms with E-state index in [1.165, 1.54) is 11.8 Å². The third-order valence-corrected chi connectivity index (χ3v) is 8.23. The van der Waals surface area contributed by atoms with Crippen molar-refractivity contribution in [2.75, 3.05) is 22.7 Å². The van der Waals surface area contributed by atoms with E-state index >= 15 is 0 Å². The zero-order valence-electron chi connectivity index (χ0n) is 17.5. The molecule has 2 aromatic rings. The highest BCUT2D eigenvalue weighted by Crippen LogP contribution is 2.61. The van der Waals surface area contributed by atoms with E-state index in [0.717, 1.165) is 22.4 Å². The average molecular weight is 475 g/mol. The average Bonchev–Trinajstić information content (AvgIpc) is 3.18. The van der Waals surface area contributed by atoms with Gasteiger partial charge in [-0.25, -0.2) is 0 Å². The number of amides is 2. The molecule has 0 aromatic heterocycles. The van der Waals surface area contributed by atoms with Crippen LogP contribution in [0.1, 0.15) is 31.9 Å². The monoisotopic (exact) mass is 474 g/mol. The zero-order chi connectivity index (χ0) is 22.3. The van der Waals surface area contributed by atoms with Crippen LogP contribution in [0, 0.1) is 0 Å². The molecule has 0 bridgehead atoms. The lowest BCUT2D eigenvalue weighted by Gasteiger charge is -2.40. The maximum Gasteiger partial charge on any atom is 0.269 e. The second-order valence-electron chi connectivity index (χ2n) is 8.45. The molecular weight excluding hydrogens is 455 g/mol. The Labute approximate surface area is 194 Å². The number of allylic oxidation sites excluding steroid dienone is 1. The molecule has 5 rings (SSSR count). The van der Waals surface area contributed by atoms with Gasteiger partial charge in [0.2, 0.25) is 10.8 Å². The molecular formula is C23H20Cl2N2O3S. The summed E-state index contributed by atoms with van der Waals surface area (Å²) in [6.07, 6.45) is 2.08. The molecule has 0 unspecified atom stereocenters. The Kier molecular flexibility index (Phi) is 4.46. The molecule has 0 radical (unpaired) electrons. The number of methoxy groups -OCH3 is 1. The molecule has 2 amide bonds. The van der Waals surface area contributed by atoms with Crippen molar-refractivity contribution in [3.63, 3.8) is 0 Å². The van der Waals surface area contributed by atoms with Gasteiger partial charge < -0.3 is 4.74 Å². The van der Waals surface area contributed by atoms with Crippen molar-refractivity contribution in [3.8, 4) is 5.75 Å². The summed E-state index contributed by atoms with van der Waals surface area (Å²) in [5.74, 6) is 0.520. The summed E-state index contributed by atoms with van der Waals surface area (Å²) in [4.78, 5) is 29.5. The van der Waals surface area contributed by atoms with Crippen LogP contribution >= 0.6 is 35.0 Å². The van der Waals surface area contributed by atoms with Crippen LogP contribution in [0.3, 0.4) is 0 Å². The lowest BCUT2D eigenvalue weighted by molar-refractivity contribution is -0.124. The van der Waals surface area contributed by atoms with Crippen LogP contribution in [0.25, 0.3) is 5.57 Å².